The topological polar surface area (TPSA) is 134 Å². The monoisotopic (exact) mass is 419 g/mol. The molecule has 9 nitrogen and oxygen atoms in total. The molecule has 29 heavy (non-hydrogen) atoms. The molecule has 0 unspecified atom stereocenters. The number of hydrogen-bond acceptors (Lipinski definition) is 6. The lowest BCUT2D eigenvalue weighted by molar-refractivity contribution is -0.151. The highest BCUT2D eigenvalue weighted by Gasteiger charge is 2.81. The molecular weight excluding hydrogens is 402 g/mol. The maximum Gasteiger partial charge on any atom is 0.312 e. The van der Waals surface area contributed by atoms with Gasteiger partial charge in [0, 0.05) is 31.5 Å². The third kappa shape index (κ3) is 3.05. The van der Waals surface area contributed by atoms with Gasteiger partial charge in [-0.2, -0.15) is 4.98 Å². The van der Waals surface area contributed by atoms with Crippen molar-refractivity contribution in [2.45, 2.75) is 25.7 Å². The van der Waals surface area contributed by atoms with Crippen LogP contribution in [0.15, 0.2) is 28.8 Å². The molecule has 2 atom stereocenters. The second-order valence-electron chi connectivity index (χ2n) is 7.55. The number of aliphatic carboxylic acids is 2. The van der Waals surface area contributed by atoms with Crippen LogP contribution in [0, 0.1) is 10.8 Å². The Kier molecular flexibility index (Phi) is 4.57. The molecule has 2 heterocycles. The molecule has 0 radical (unpaired) electrons. The Morgan fingerprint density at radius 1 is 1.14 bits per heavy atom. The number of rotatable bonds is 7. The summed E-state index contributed by atoms with van der Waals surface area (Å²) < 4.78 is 5.20. The van der Waals surface area contributed by atoms with Crippen LogP contribution >= 0.6 is 11.6 Å². The number of carbonyl (C=O) groups excluding carboxylic acids is 1. The van der Waals surface area contributed by atoms with E-state index in [4.69, 9.17) is 16.1 Å². The van der Waals surface area contributed by atoms with Gasteiger partial charge in [-0.3, -0.25) is 14.4 Å². The van der Waals surface area contributed by atoms with Gasteiger partial charge in [0.1, 0.15) is 10.8 Å². The number of hydrogen-bond donors (Lipinski definition) is 2. The van der Waals surface area contributed by atoms with Crippen molar-refractivity contribution in [2.24, 2.45) is 10.8 Å². The van der Waals surface area contributed by atoms with Crippen molar-refractivity contribution < 1.29 is 29.1 Å². The Labute approximate surface area is 170 Å². The van der Waals surface area contributed by atoms with Crippen LogP contribution in [0.3, 0.4) is 0 Å². The zero-order valence-electron chi connectivity index (χ0n) is 15.3. The van der Waals surface area contributed by atoms with Crippen molar-refractivity contribution >= 4 is 29.4 Å². The first-order valence-corrected chi connectivity index (χ1v) is 9.49. The number of carboxylic acid groups (broad SMARTS) is 2. The molecule has 10 heteroatoms. The molecule has 1 aromatic carbocycles. The highest BCUT2D eigenvalue weighted by atomic mass is 35.5. The van der Waals surface area contributed by atoms with Crippen LogP contribution in [0.5, 0.6) is 0 Å². The molecular formula is C19H18ClN3O6. The van der Waals surface area contributed by atoms with Gasteiger partial charge in [0.15, 0.2) is 0 Å². The van der Waals surface area contributed by atoms with E-state index in [1.54, 1.807) is 18.2 Å². The summed E-state index contributed by atoms with van der Waals surface area (Å²) in [4.78, 5) is 41.2. The molecule has 2 aromatic rings. The number of fused-ring (bicyclic) bond motifs is 1. The predicted molar refractivity (Wildman–Crippen MR) is 99.0 cm³/mol. The highest BCUT2D eigenvalue weighted by Crippen LogP contribution is 2.68. The Bertz CT molecular complexity index is 979. The average molecular weight is 420 g/mol. The standard InChI is InChI=1S/C19H18ClN3O6/c20-12-5-2-1-4-11(12)15-21-13(29-22-15)6-3-7-14(24)23-9-18(16(25)26)8-19(18,10-23)17(27)28/h1-2,4-5H,3,6-10H2,(H,25,26)(H,27,28)/t18-,19+. The van der Waals surface area contributed by atoms with E-state index < -0.39 is 22.8 Å². The fourth-order valence-corrected chi connectivity index (χ4v) is 4.34. The number of carboxylic acids is 2. The van der Waals surface area contributed by atoms with Gasteiger partial charge >= 0.3 is 11.9 Å². The lowest BCUT2D eigenvalue weighted by Gasteiger charge is -2.19. The summed E-state index contributed by atoms with van der Waals surface area (Å²) in [5, 5.41) is 23.3. The Balaban J connectivity index is 1.33. The quantitative estimate of drug-likeness (QED) is 0.696. The predicted octanol–water partition coefficient (Wildman–Crippen LogP) is 2.10. The number of halogens is 1. The molecule has 0 spiro atoms. The van der Waals surface area contributed by atoms with E-state index in [-0.39, 0.29) is 31.8 Å². The number of aryl methyl sites for hydroxylation is 1. The minimum absolute atomic E-state index is 0.0648. The summed E-state index contributed by atoms with van der Waals surface area (Å²) in [7, 11) is 0. The van der Waals surface area contributed by atoms with Gasteiger partial charge in [-0.1, -0.05) is 28.9 Å². The van der Waals surface area contributed by atoms with Crippen molar-refractivity contribution in [3.63, 3.8) is 0 Å². The lowest BCUT2D eigenvalue weighted by atomic mass is 9.97. The zero-order chi connectivity index (χ0) is 20.8. The molecule has 1 aliphatic carbocycles. The Hall–Kier alpha value is -2.94. The summed E-state index contributed by atoms with van der Waals surface area (Å²) in [5.41, 5.74) is -2.06. The molecule has 4 rings (SSSR count). The van der Waals surface area contributed by atoms with Gasteiger partial charge in [-0.05, 0) is 25.0 Å². The van der Waals surface area contributed by atoms with Gasteiger partial charge in [-0.25, -0.2) is 0 Å². The minimum Gasteiger partial charge on any atom is -0.481 e. The van der Waals surface area contributed by atoms with E-state index in [2.05, 4.69) is 10.1 Å². The van der Waals surface area contributed by atoms with Crippen LogP contribution in [0.2, 0.25) is 5.02 Å². The van der Waals surface area contributed by atoms with E-state index in [1.165, 1.54) is 4.90 Å². The van der Waals surface area contributed by atoms with Gasteiger partial charge in [0.05, 0.1) is 5.02 Å². The minimum atomic E-state index is -1.36. The number of aromatic nitrogens is 2. The lowest BCUT2D eigenvalue weighted by Crippen LogP contribution is -2.34. The van der Waals surface area contributed by atoms with Crippen LogP contribution in [-0.2, 0) is 20.8 Å². The highest BCUT2D eigenvalue weighted by molar-refractivity contribution is 6.33. The fraction of sp³-hybridized carbons (Fsp3) is 0.421. The van der Waals surface area contributed by atoms with Crippen LogP contribution in [0.1, 0.15) is 25.2 Å². The second kappa shape index (κ2) is 6.84. The maximum absolute atomic E-state index is 12.5. The smallest absolute Gasteiger partial charge is 0.312 e. The first-order chi connectivity index (χ1) is 13.8. The van der Waals surface area contributed by atoms with Crippen molar-refractivity contribution in [1.29, 1.82) is 0 Å². The largest absolute Gasteiger partial charge is 0.481 e. The van der Waals surface area contributed by atoms with Crippen molar-refractivity contribution in [3.05, 3.63) is 35.2 Å². The van der Waals surface area contributed by atoms with Crippen LogP contribution in [0.4, 0.5) is 0 Å². The fourth-order valence-electron chi connectivity index (χ4n) is 4.12. The molecule has 1 amide bonds. The van der Waals surface area contributed by atoms with Gasteiger partial charge in [-0.15, -0.1) is 0 Å². The molecule has 1 aromatic heterocycles. The first-order valence-electron chi connectivity index (χ1n) is 9.11. The summed E-state index contributed by atoms with van der Waals surface area (Å²) in [5.74, 6) is -1.87. The third-order valence-corrected chi connectivity index (χ3v) is 6.18. The molecule has 1 saturated heterocycles. The number of likely N-dealkylation sites (tertiary alicyclic amines) is 1. The van der Waals surface area contributed by atoms with Gasteiger partial charge in [0.25, 0.3) is 0 Å². The molecule has 152 valence electrons. The van der Waals surface area contributed by atoms with E-state index in [9.17, 15) is 24.6 Å². The molecule has 2 N–H and O–H groups in total. The molecule has 2 fully saturated rings. The molecule has 1 saturated carbocycles. The number of carbonyl (C=O) groups is 3. The number of amides is 1. The van der Waals surface area contributed by atoms with Crippen molar-refractivity contribution in [3.8, 4) is 11.4 Å². The maximum atomic E-state index is 12.5. The summed E-state index contributed by atoms with van der Waals surface area (Å²) >= 11 is 6.11. The third-order valence-electron chi connectivity index (χ3n) is 5.85. The average Bonchev–Trinajstić information content (AvgIpc) is 3.00. The summed E-state index contributed by atoms with van der Waals surface area (Å²) in [6, 6.07) is 7.10. The summed E-state index contributed by atoms with van der Waals surface area (Å²) in [6.07, 6.45) is 0.987. The Morgan fingerprint density at radius 3 is 2.41 bits per heavy atom. The molecule has 0 bridgehead atoms. The Morgan fingerprint density at radius 2 is 1.79 bits per heavy atom. The molecule has 1 aliphatic heterocycles. The van der Waals surface area contributed by atoms with Crippen LogP contribution in [0.25, 0.3) is 11.4 Å². The summed E-state index contributed by atoms with van der Waals surface area (Å²) in [6.45, 7) is -0.130. The molecule has 2 aliphatic rings. The van der Waals surface area contributed by atoms with E-state index in [0.29, 0.717) is 35.1 Å². The number of piperidine rings is 1. The SMILES string of the molecule is O=C(CCCc1nc(-c2ccccc2Cl)no1)N1C[C@@]2(C(=O)O)C[C@@]2(C(=O)O)C1. The van der Waals surface area contributed by atoms with E-state index in [0.717, 1.165) is 0 Å². The number of nitrogens with zero attached hydrogens (tertiary/aromatic N) is 3. The van der Waals surface area contributed by atoms with E-state index >= 15 is 0 Å². The normalized spacial score (nSPS) is 24.9. The van der Waals surface area contributed by atoms with Crippen LogP contribution in [-0.4, -0.2) is 56.2 Å². The van der Waals surface area contributed by atoms with Gasteiger partial charge in [0.2, 0.25) is 17.6 Å². The second-order valence-corrected chi connectivity index (χ2v) is 7.95. The number of benzene rings is 1. The van der Waals surface area contributed by atoms with Crippen molar-refractivity contribution in [1.82, 2.24) is 15.0 Å². The first kappa shape index (κ1) is 19.4. The van der Waals surface area contributed by atoms with Crippen molar-refractivity contribution in [2.75, 3.05) is 13.1 Å². The van der Waals surface area contributed by atoms with Crippen LogP contribution < -0.4 is 0 Å². The zero-order valence-corrected chi connectivity index (χ0v) is 16.1. The van der Waals surface area contributed by atoms with E-state index in [1.807, 2.05) is 6.07 Å². The van der Waals surface area contributed by atoms with Gasteiger partial charge < -0.3 is 19.6 Å².